The van der Waals surface area contributed by atoms with E-state index in [0.717, 1.165) is 43.4 Å². The summed E-state index contributed by atoms with van der Waals surface area (Å²) in [5, 5.41) is 4.96. The van der Waals surface area contributed by atoms with Gasteiger partial charge in [0.2, 0.25) is 0 Å². The number of aromatic nitrogens is 4. The van der Waals surface area contributed by atoms with Crippen LogP contribution in [0.15, 0.2) is 36.7 Å². The van der Waals surface area contributed by atoms with Gasteiger partial charge in [0, 0.05) is 49.0 Å². The second kappa shape index (κ2) is 7.85. The molecule has 1 saturated heterocycles. The Labute approximate surface area is 168 Å². The quantitative estimate of drug-likeness (QED) is 0.671. The Balaban J connectivity index is 1.44. The number of aryl methyl sites for hydroxylation is 2. The number of hydrogen-bond acceptors (Lipinski definition) is 5. The molecule has 0 atom stereocenters. The van der Waals surface area contributed by atoms with Gasteiger partial charge in [-0.2, -0.15) is 5.10 Å². The van der Waals surface area contributed by atoms with Gasteiger partial charge in [0.25, 0.3) is 0 Å². The summed E-state index contributed by atoms with van der Waals surface area (Å²) >= 11 is 6.16. The summed E-state index contributed by atoms with van der Waals surface area (Å²) in [6.07, 6.45) is 3.50. The van der Waals surface area contributed by atoms with Crippen molar-refractivity contribution in [2.24, 2.45) is 0 Å². The zero-order chi connectivity index (χ0) is 19.7. The summed E-state index contributed by atoms with van der Waals surface area (Å²) in [4.78, 5) is 13.5. The van der Waals surface area contributed by atoms with Crippen LogP contribution >= 0.6 is 11.6 Å². The summed E-state index contributed by atoms with van der Waals surface area (Å²) in [5.41, 5.74) is 2.53. The molecule has 0 N–H and O–H groups in total. The first-order valence-corrected chi connectivity index (χ1v) is 9.65. The van der Waals surface area contributed by atoms with E-state index in [-0.39, 0.29) is 5.82 Å². The molecule has 4 rings (SSSR count). The van der Waals surface area contributed by atoms with Crippen LogP contribution < -0.4 is 4.90 Å². The number of benzene rings is 1. The SMILES string of the molecule is Cc1cc(C)n(-c2cncc(N3CCN(Cc4c(F)cccc4Cl)CC3)n2)n1. The maximum absolute atomic E-state index is 14.0. The maximum Gasteiger partial charge on any atom is 0.174 e. The average molecular weight is 401 g/mol. The van der Waals surface area contributed by atoms with Crippen molar-refractivity contribution in [2.75, 3.05) is 31.1 Å². The summed E-state index contributed by atoms with van der Waals surface area (Å²) in [7, 11) is 0. The molecule has 1 aromatic carbocycles. The van der Waals surface area contributed by atoms with Crippen LogP contribution in [0.2, 0.25) is 5.02 Å². The summed E-state index contributed by atoms with van der Waals surface area (Å²) in [5.74, 6) is 1.29. The number of rotatable bonds is 4. The van der Waals surface area contributed by atoms with Crippen LogP contribution in [0.4, 0.5) is 10.2 Å². The number of piperazine rings is 1. The lowest BCUT2D eigenvalue weighted by atomic mass is 10.2. The minimum atomic E-state index is -0.251. The van der Waals surface area contributed by atoms with Crippen molar-refractivity contribution < 1.29 is 4.39 Å². The highest BCUT2D eigenvalue weighted by molar-refractivity contribution is 6.31. The van der Waals surface area contributed by atoms with Gasteiger partial charge in [-0.15, -0.1) is 0 Å². The van der Waals surface area contributed by atoms with Crippen LogP contribution in [0.25, 0.3) is 5.82 Å². The fourth-order valence-electron chi connectivity index (χ4n) is 3.50. The van der Waals surface area contributed by atoms with E-state index in [1.165, 1.54) is 6.07 Å². The first-order chi connectivity index (χ1) is 13.5. The third kappa shape index (κ3) is 3.86. The fraction of sp³-hybridized carbons (Fsp3) is 0.350. The molecule has 8 heteroatoms. The van der Waals surface area contributed by atoms with E-state index in [1.54, 1.807) is 24.5 Å². The summed E-state index contributed by atoms with van der Waals surface area (Å²) < 4.78 is 15.8. The number of hydrogen-bond donors (Lipinski definition) is 0. The van der Waals surface area contributed by atoms with Crippen molar-refractivity contribution in [1.29, 1.82) is 0 Å². The van der Waals surface area contributed by atoms with Gasteiger partial charge < -0.3 is 4.90 Å². The Hall–Kier alpha value is -2.51. The molecule has 2 aromatic heterocycles. The normalized spacial score (nSPS) is 15.2. The third-order valence-electron chi connectivity index (χ3n) is 4.98. The van der Waals surface area contributed by atoms with Crippen molar-refractivity contribution in [1.82, 2.24) is 24.6 Å². The molecule has 1 aliphatic rings. The van der Waals surface area contributed by atoms with Gasteiger partial charge in [0.15, 0.2) is 5.82 Å². The van der Waals surface area contributed by atoms with Crippen molar-refractivity contribution >= 4 is 17.4 Å². The Morgan fingerprint density at radius 3 is 2.50 bits per heavy atom. The largest absolute Gasteiger partial charge is 0.353 e. The summed E-state index contributed by atoms with van der Waals surface area (Å²) in [6, 6.07) is 6.84. The van der Waals surface area contributed by atoms with Gasteiger partial charge >= 0.3 is 0 Å². The monoisotopic (exact) mass is 400 g/mol. The Bertz CT molecular complexity index is 960. The topological polar surface area (TPSA) is 50.1 Å². The van der Waals surface area contributed by atoms with Crippen LogP contribution in [-0.4, -0.2) is 50.8 Å². The van der Waals surface area contributed by atoms with Crippen LogP contribution in [0.3, 0.4) is 0 Å². The molecule has 3 heterocycles. The molecule has 1 fully saturated rings. The lowest BCUT2D eigenvalue weighted by molar-refractivity contribution is 0.246. The molecular weight excluding hydrogens is 379 g/mol. The predicted molar refractivity (Wildman–Crippen MR) is 108 cm³/mol. The van der Waals surface area contributed by atoms with Gasteiger partial charge in [0.1, 0.15) is 11.6 Å². The minimum Gasteiger partial charge on any atom is -0.353 e. The smallest absolute Gasteiger partial charge is 0.174 e. The molecule has 0 amide bonds. The number of halogens is 2. The molecule has 1 aliphatic heterocycles. The molecule has 6 nitrogen and oxygen atoms in total. The summed E-state index contributed by atoms with van der Waals surface area (Å²) in [6.45, 7) is 7.66. The second-order valence-electron chi connectivity index (χ2n) is 7.04. The Morgan fingerprint density at radius 1 is 1.07 bits per heavy atom. The zero-order valence-corrected chi connectivity index (χ0v) is 16.7. The maximum atomic E-state index is 14.0. The van der Waals surface area contributed by atoms with Crippen molar-refractivity contribution in [3.8, 4) is 5.82 Å². The van der Waals surface area contributed by atoms with Crippen molar-refractivity contribution in [2.45, 2.75) is 20.4 Å². The number of anilines is 1. The lowest BCUT2D eigenvalue weighted by Gasteiger charge is -2.35. The molecule has 28 heavy (non-hydrogen) atoms. The molecule has 0 aliphatic carbocycles. The molecule has 3 aromatic rings. The predicted octanol–water partition coefficient (Wildman–Crippen LogP) is 3.39. The van der Waals surface area contributed by atoms with E-state index in [2.05, 4.69) is 19.9 Å². The third-order valence-corrected chi connectivity index (χ3v) is 5.33. The molecule has 0 bridgehead atoms. The Kier molecular flexibility index (Phi) is 5.28. The first kappa shape index (κ1) is 18.8. The molecule has 146 valence electrons. The average Bonchev–Trinajstić information content (AvgIpc) is 3.04. The van der Waals surface area contributed by atoms with Crippen LogP contribution in [0.1, 0.15) is 17.0 Å². The molecule has 0 spiro atoms. The highest BCUT2D eigenvalue weighted by atomic mass is 35.5. The van der Waals surface area contributed by atoms with E-state index >= 15 is 0 Å². The first-order valence-electron chi connectivity index (χ1n) is 9.27. The van der Waals surface area contributed by atoms with E-state index in [9.17, 15) is 4.39 Å². The molecule has 0 unspecified atom stereocenters. The molecule has 0 saturated carbocycles. The van der Waals surface area contributed by atoms with Crippen molar-refractivity contribution in [3.05, 3.63) is 64.5 Å². The van der Waals surface area contributed by atoms with Crippen LogP contribution in [0.5, 0.6) is 0 Å². The van der Waals surface area contributed by atoms with Gasteiger partial charge in [-0.05, 0) is 32.0 Å². The zero-order valence-electron chi connectivity index (χ0n) is 15.9. The lowest BCUT2D eigenvalue weighted by Crippen LogP contribution is -2.46. The Morgan fingerprint density at radius 2 is 1.82 bits per heavy atom. The van der Waals surface area contributed by atoms with Crippen molar-refractivity contribution in [3.63, 3.8) is 0 Å². The van der Waals surface area contributed by atoms with E-state index in [0.29, 0.717) is 22.9 Å². The molecular formula is C20H22ClFN6. The highest BCUT2D eigenvalue weighted by Crippen LogP contribution is 2.22. The minimum absolute atomic E-state index is 0.251. The van der Waals surface area contributed by atoms with E-state index < -0.39 is 0 Å². The van der Waals surface area contributed by atoms with Crippen LogP contribution in [-0.2, 0) is 6.54 Å². The molecule has 0 radical (unpaired) electrons. The van der Waals surface area contributed by atoms with Gasteiger partial charge in [-0.25, -0.2) is 14.1 Å². The van der Waals surface area contributed by atoms with E-state index in [1.807, 2.05) is 24.6 Å². The number of nitrogens with zero attached hydrogens (tertiary/aromatic N) is 6. The van der Waals surface area contributed by atoms with E-state index in [4.69, 9.17) is 16.6 Å². The fourth-order valence-corrected chi connectivity index (χ4v) is 3.73. The highest BCUT2D eigenvalue weighted by Gasteiger charge is 2.21. The second-order valence-corrected chi connectivity index (χ2v) is 7.44. The van der Waals surface area contributed by atoms with Crippen LogP contribution in [0, 0.1) is 19.7 Å². The van der Waals surface area contributed by atoms with Gasteiger partial charge in [0.05, 0.1) is 18.1 Å². The van der Waals surface area contributed by atoms with Gasteiger partial charge in [-0.3, -0.25) is 9.88 Å². The van der Waals surface area contributed by atoms with Gasteiger partial charge in [-0.1, -0.05) is 17.7 Å². The standard InChI is InChI=1S/C20H22ClFN6/c1-14-10-15(2)28(25-14)20-12-23-11-19(24-20)27-8-6-26(7-9-27)13-16-17(21)4-3-5-18(16)22/h3-5,10-12H,6-9,13H2,1-2H3.